The highest BCUT2D eigenvalue weighted by Crippen LogP contribution is 2.33. The molecule has 224 valence electrons. The molecule has 2 N–H and O–H groups in total. The van der Waals surface area contributed by atoms with Gasteiger partial charge in [0.1, 0.15) is 17.5 Å². The van der Waals surface area contributed by atoms with Gasteiger partial charge < -0.3 is 20.1 Å². The minimum Gasteiger partial charge on any atom is -0.381 e. The molecule has 4 aromatic rings. The Morgan fingerprint density at radius 2 is 1.91 bits per heavy atom. The predicted octanol–water partition coefficient (Wildman–Crippen LogP) is 4.64. The third-order valence-electron chi connectivity index (χ3n) is 8.48. The second kappa shape index (κ2) is 12.7. The van der Waals surface area contributed by atoms with Crippen LogP contribution in [-0.2, 0) is 15.9 Å². The van der Waals surface area contributed by atoms with Crippen molar-refractivity contribution in [2.24, 2.45) is 11.7 Å². The molecule has 0 amide bonds. The number of ether oxygens (including phenoxy) is 2. The second-order valence-corrected chi connectivity index (χ2v) is 11.4. The third kappa shape index (κ3) is 6.09. The summed E-state index contributed by atoms with van der Waals surface area (Å²) >= 11 is 0. The lowest BCUT2D eigenvalue weighted by atomic mass is 9.90. The van der Waals surface area contributed by atoms with Gasteiger partial charge in [-0.25, -0.2) is 18.3 Å². The molecule has 3 aromatic heterocycles. The van der Waals surface area contributed by atoms with E-state index in [9.17, 15) is 0 Å². The lowest BCUT2D eigenvalue weighted by Crippen LogP contribution is -2.57. The average molecular weight is 588 g/mol. The van der Waals surface area contributed by atoms with Crippen molar-refractivity contribution < 1.29 is 18.3 Å². The van der Waals surface area contributed by atoms with E-state index in [1.165, 1.54) is 12.1 Å². The molecule has 6 rings (SSSR count). The van der Waals surface area contributed by atoms with Gasteiger partial charge in [-0.1, -0.05) is 6.92 Å². The zero-order valence-corrected chi connectivity index (χ0v) is 24.1. The number of rotatable bonds is 8. The zero-order valence-electron chi connectivity index (χ0n) is 24.1. The Labute approximate surface area is 249 Å². The molecule has 0 aliphatic carbocycles. The van der Waals surface area contributed by atoms with Crippen LogP contribution in [-0.4, -0.2) is 64.6 Å². The number of hydrogen-bond acceptors (Lipinski definition) is 8. The Kier molecular flexibility index (Phi) is 8.61. The van der Waals surface area contributed by atoms with E-state index in [-0.39, 0.29) is 35.2 Å². The summed E-state index contributed by atoms with van der Waals surface area (Å²) in [6, 6.07) is 10.1. The average Bonchev–Trinajstić information content (AvgIpc) is 3.40. The van der Waals surface area contributed by atoms with E-state index in [0.717, 1.165) is 36.2 Å². The summed E-state index contributed by atoms with van der Waals surface area (Å²) < 4.78 is 43.7. The first kappa shape index (κ1) is 29.1. The van der Waals surface area contributed by atoms with Gasteiger partial charge >= 0.3 is 0 Å². The fourth-order valence-corrected chi connectivity index (χ4v) is 6.36. The van der Waals surface area contributed by atoms with E-state index in [4.69, 9.17) is 20.5 Å². The molecule has 2 saturated heterocycles. The highest BCUT2D eigenvalue weighted by molar-refractivity contribution is 5.63. The summed E-state index contributed by atoms with van der Waals surface area (Å²) in [5, 5.41) is 13.5. The van der Waals surface area contributed by atoms with Gasteiger partial charge in [0.05, 0.1) is 48.2 Å². The number of aromatic nitrogens is 4. The molecule has 0 saturated carbocycles. The van der Waals surface area contributed by atoms with Crippen LogP contribution in [0.4, 0.5) is 14.5 Å². The Hall–Kier alpha value is -3.98. The largest absolute Gasteiger partial charge is 0.381 e. The minimum atomic E-state index is -0.630. The summed E-state index contributed by atoms with van der Waals surface area (Å²) in [4.78, 5) is 11.2. The number of benzene rings is 1. The fourth-order valence-electron chi connectivity index (χ4n) is 6.36. The van der Waals surface area contributed by atoms with E-state index in [0.29, 0.717) is 50.6 Å². The highest BCUT2D eigenvalue weighted by atomic mass is 19.1. The first-order valence-corrected chi connectivity index (χ1v) is 14.8. The standard InChI is InChI=1S/C32H35F2N7O2/c1-20-18-40(19-27(36)32(20)43-10-2-8-35)29-5-9-37-16-23(29)15-30-38-17-24-3-4-28(39-41(24)30)31-25(33)13-22(14-26(31)34)21-6-11-42-12-7-21/h3-5,9,13-14,16-17,20-21,27,32H,2,6-7,10-12,15,18-19,36H2,1H3/t20-,27+,32-/m0/s1. The number of pyridine rings is 1. The van der Waals surface area contributed by atoms with Crippen LogP contribution in [0.5, 0.6) is 0 Å². The highest BCUT2D eigenvalue weighted by Gasteiger charge is 2.34. The molecular formula is C32H35F2N7O2. The van der Waals surface area contributed by atoms with Crippen molar-refractivity contribution in [2.45, 2.75) is 50.7 Å². The van der Waals surface area contributed by atoms with Gasteiger partial charge in [0, 0.05) is 68.3 Å². The number of anilines is 1. The Morgan fingerprint density at radius 1 is 1.12 bits per heavy atom. The molecule has 0 unspecified atom stereocenters. The Morgan fingerprint density at radius 3 is 2.65 bits per heavy atom. The molecule has 43 heavy (non-hydrogen) atoms. The van der Waals surface area contributed by atoms with Crippen LogP contribution in [0, 0.1) is 28.9 Å². The minimum absolute atomic E-state index is 0.0792. The topological polar surface area (TPSA) is 115 Å². The van der Waals surface area contributed by atoms with Crippen LogP contribution in [0.1, 0.15) is 49.1 Å². The van der Waals surface area contributed by atoms with Gasteiger partial charge in [0.25, 0.3) is 0 Å². The van der Waals surface area contributed by atoms with Crippen molar-refractivity contribution in [2.75, 3.05) is 37.8 Å². The number of nitriles is 1. The quantitative estimate of drug-likeness (QED) is 0.297. The van der Waals surface area contributed by atoms with Gasteiger partial charge in [0.15, 0.2) is 0 Å². The van der Waals surface area contributed by atoms with Gasteiger partial charge in [-0.05, 0) is 54.7 Å². The fraction of sp³-hybridized carbons (Fsp3) is 0.438. The van der Waals surface area contributed by atoms with Crippen LogP contribution in [0.25, 0.3) is 16.8 Å². The molecule has 0 spiro atoms. The van der Waals surface area contributed by atoms with Crippen LogP contribution in [0.3, 0.4) is 0 Å². The van der Waals surface area contributed by atoms with Crippen molar-refractivity contribution in [1.82, 2.24) is 19.6 Å². The van der Waals surface area contributed by atoms with Gasteiger partial charge in [-0.2, -0.15) is 10.4 Å². The number of nitrogens with two attached hydrogens (primary N) is 1. The number of piperidine rings is 1. The molecule has 2 fully saturated rings. The number of imidazole rings is 1. The molecule has 0 bridgehead atoms. The molecule has 9 nitrogen and oxygen atoms in total. The van der Waals surface area contributed by atoms with E-state index in [1.54, 1.807) is 35.2 Å². The van der Waals surface area contributed by atoms with Gasteiger partial charge in [-0.15, -0.1) is 0 Å². The molecule has 3 atom stereocenters. The lowest BCUT2D eigenvalue weighted by molar-refractivity contribution is -0.00335. The predicted molar refractivity (Wildman–Crippen MR) is 157 cm³/mol. The van der Waals surface area contributed by atoms with Crippen molar-refractivity contribution in [3.8, 4) is 17.3 Å². The van der Waals surface area contributed by atoms with Crippen molar-refractivity contribution >= 4 is 11.2 Å². The zero-order chi connectivity index (χ0) is 29.9. The van der Waals surface area contributed by atoms with E-state index >= 15 is 8.78 Å². The monoisotopic (exact) mass is 587 g/mol. The van der Waals surface area contributed by atoms with Crippen LogP contribution >= 0.6 is 0 Å². The smallest absolute Gasteiger partial charge is 0.135 e. The summed E-state index contributed by atoms with van der Waals surface area (Å²) in [6.45, 7) is 4.98. The summed E-state index contributed by atoms with van der Waals surface area (Å²) in [5.74, 6) is -0.402. The van der Waals surface area contributed by atoms with Crippen LogP contribution < -0.4 is 10.6 Å². The van der Waals surface area contributed by atoms with Crippen molar-refractivity contribution in [3.05, 3.63) is 77.5 Å². The second-order valence-electron chi connectivity index (χ2n) is 11.4. The molecule has 5 heterocycles. The molecule has 0 radical (unpaired) electrons. The van der Waals surface area contributed by atoms with E-state index in [2.05, 4.69) is 33.0 Å². The first-order chi connectivity index (χ1) is 20.9. The number of hydrogen-bond donors (Lipinski definition) is 1. The van der Waals surface area contributed by atoms with Crippen molar-refractivity contribution in [1.29, 1.82) is 5.26 Å². The summed E-state index contributed by atoms with van der Waals surface area (Å²) in [5.41, 5.74) is 9.87. The Bertz CT molecular complexity index is 1600. The number of fused-ring (bicyclic) bond motifs is 1. The molecule has 11 heteroatoms. The van der Waals surface area contributed by atoms with Gasteiger partial charge in [-0.3, -0.25) is 4.98 Å². The van der Waals surface area contributed by atoms with E-state index in [1.807, 2.05) is 6.07 Å². The van der Waals surface area contributed by atoms with Crippen LogP contribution in [0.15, 0.2) is 48.9 Å². The molecular weight excluding hydrogens is 552 g/mol. The lowest BCUT2D eigenvalue weighted by Gasteiger charge is -2.42. The van der Waals surface area contributed by atoms with Crippen molar-refractivity contribution in [3.63, 3.8) is 0 Å². The Balaban J connectivity index is 1.26. The maximum atomic E-state index is 15.4. The molecule has 2 aliphatic heterocycles. The summed E-state index contributed by atoms with van der Waals surface area (Å²) in [6.07, 6.45) is 7.37. The number of nitrogens with zero attached hydrogens (tertiary/aromatic N) is 6. The molecule has 2 aliphatic rings. The molecule has 1 aromatic carbocycles. The van der Waals surface area contributed by atoms with Crippen LogP contribution in [0.2, 0.25) is 0 Å². The maximum absolute atomic E-state index is 15.4. The third-order valence-corrected chi connectivity index (χ3v) is 8.48. The maximum Gasteiger partial charge on any atom is 0.135 e. The van der Waals surface area contributed by atoms with E-state index < -0.39 is 11.6 Å². The normalized spacial score (nSPS) is 21.3. The first-order valence-electron chi connectivity index (χ1n) is 14.8. The summed E-state index contributed by atoms with van der Waals surface area (Å²) in [7, 11) is 0. The SMILES string of the molecule is C[C@H]1CN(c2ccncc2Cc2ncc3ccc(-c4c(F)cc(C5CCOCC5)cc4F)nn23)C[C@@H](N)[C@H]1OCCC#N. The van der Waals surface area contributed by atoms with Gasteiger partial charge in [0.2, 0.25) is 0 Å². The number of halogens is 2.